The first-order valence-corrected chi connectivity index (χ1v) is 12.1. The summed E-state index contributed by atoms with van der Waals surface area (Å²) in [6.07, 6.45) is 3.08. The van der Waals surface area contributed by atoms with E-state index >= 15 is 0 Å². The Balaban J connectivity index is 1.30. The highest BCUT2D eigenvalue weighted by atomic mass is 16.5. The molecule has 1 N–H and O–H groups in total. The molecule has 1 saturated heterocycles. The molecule has 2 aromatic rings. The van der Waals surface area contributed by atoms with Crippen LogP contribution in [-0.2, 0) is 11.2 Å². The normalized spacial score (nSPS) is 18.5. The third-order valence-electron chi connectivity index (χ3n) is 6.74. The van der Waals surface area contributed by atoms with Gasteiger partial charge in [0, 0.05) is 25.6 Å². The molecule has 1 fully saturated rings. The van der Waals surface area contributed by atoms with Crippen LogP contribution in [0.5, 0.6) is 5.75 Å². The molecule has 0 saturated carbocycles. The molecule has 6 heteroatoms. The number of carbonyl (C=O) groups is 2. The van der Waals surface area contributed by atoms with Crippen molar-refractivity contribution in [2.75, 3.05) is 31.1 Å². The minimum absolute atomic E-state index is 0.000928. The fraction of sp³-hybridized carbons (Fsp3) is 0.481. The first-order valence-electron chi connectivity index (χ1n) is 12.1. The molecule has 4 rings (SSSR count). The molecule has 0 unspecified atom stereocenters. The first kappa shape index (κ1) is 23.1. The Labute approximate surface area is 196 Å². The Kier molecular flexibility index (Phi) is 7.21. The lowest BCUT2D eigenvalue weighted by molar-refractivity contribution is -0.126. The van der Waals surface area contributed by atoms with E-state index in [1.54, 1.807) is 0 Å². The number of nitrogens with one attached hydrogen (secondary N) is 1. The molecule has 2 aliphatic rings. The van der Waals surface area contributed by atoms with E-state index in [1.165, 1.54) is 11.1 Å². The lowest BCUT2D eigenvalue weighted by atomic mass is 9.96. The highest BCUT2D eigenvalue weighted by molar-refractivity contribution is 5.94. The lowest BCUT2D eigenvalue weighted by Gasteiger charge is -2.39. The smallest absolute Gasteiger partial charge is 0.324 e. The first-order chi connectivity index (χ1) is 15.9. The van der Waals surface area contributed by atoms with Crippen molar-refractivity contribution < 1.29 is 14.3 Å². The van der Waals surface area contributed by atoms with Gasteiger partial charge in [0.15, 0.2) is 0 Å². The summed E-state index contributed by atoms with van der Waals surface area (Å²) in [4.78, 5) is 29.8. The van der Waals surface area contributed by atoms with Crippen molar-refractivity contribution in [2.45, 2.75) is 52.6 Å². The van der Waals surface area contributed by atoms with Crippen LogP contribution < -0.4 is 15.0 Å². The maximum Gasteiger partial charge on any atom is 0.324 e. The Morgan fingerprint density at radius 2 is 1.73 bits per heavy atom. The van der Waals surface area contributed by atoms with Gasteiger partial charge in [-0.15, -0.1) is 0 Å². The van der Waals surface area contributed by atoms with Crippen LogP contribution in [0.3, 0.4) is 0 Å². The number of piperidine rings is 1. The van der Waals surface area contributed by atoms with Gasteiger partial charge in [0.25, 0.3) is 0 Å². The summed E-state index contributed by atoms with van der Waals surface area (Å²) in [5, 5.41) is 3.09. The van der Waals surface area contributed by atoms with Gasteiger partial charge in [0.05, 0.1) is 12.2 Å². The van der Waals surface area contributed by atoms with Crippen LogP contribution in [0.2, 0.25) is 0 Å². The van der Waals surface area contributed by atoms with Gasteiger partial charge in [-0.1, -0.05) is 42.8 Å². The van der Waals surface area contributed by atoms with Gasteiger partial charge >= 0.3 is 6.03 Å². The summed E-state index contributed by atoms with van der Waals surface area (Å²) in [6.45, 7) is 8.58. The van der Waals surface area contributed by atoms with Crippen LogP contribution in [0.4, 0.5) is 10.5 Å². The van der Waals surface area contributed by atoms with E-state index in [9.17, 15) is 9.59 Å². The van der Waals surface area contributed by atoms with Crippen molar-refractivity contribution in [1.29, 1.82) is 0 Å². The molecule has 1 atom stereocenters. The largest absolute Gasteiger partial charge is 0.486 e. The van der Waals surface area contributed by atoms with Crippen molar-refractivity contribution in [2.24, 2.45) is 5.92 Å². The zero-order valence-electron chi connectivity index (χ0n) is 20.0. The molecule has 2 heterocycles. The van der Waals surface area contributed by atoms with E-state index in [1.807, 2.05) is 34.9 Å². The van der Waals surface area contributed by atoms with Crippen LogP contribution in [-0.4, -0.2) is 49.1 Å². The number of hydrogen-bond donors (Lipinski definition) is 1. The molecule has 0 aliphatic carbocycles. The van der Waals surface area contributed by atoms with Crippen LogP contribution >= 0.6 is 0 Å². The molecular formula is C27H35N3O3. The minimum Gasteiger partial charge on any atom is -0.486 e. The van der Waals surface area contributed by atoms with Gasteiger partial charge < -0.3 is 15.0 Å². The number of urea groups is 1. The van der Waals surface area contributed by atoms with E-state index in [-0.39, 0.29) is 24.0 Å². The topological polar surface area (TPSA) is 61.9 Å². The minimum atomic E-state index is -0.0327. The lowest BCUT2D eigenvalue weighted by Crippen LogP contribution is -2.52. The Bertz CT molecular complexity index is 981. The average Bonchev–Trinajstić information content (AvgIpc) is 2.84. The fourth-order valence-electron chi connectivity index (χ4n) is 4.58. The fourth-order valence-corrected chi connectivity index (χ4v) is 4.58. The second kappa shape index (κ2) is 10.3. The van der Waals surface area contributed by atoms with E-state index in [0.717, 1.165) is 29.8 Å². The molecule has 0 spiro atoms. The van der Waals surface area contributed by atoms with Gasteiger partial charge in [0.2, 0.25) is 5.91 Å². The molecule has 0 radical (unpaired) electrons. The van der Waals surface area contributed by atoms with Crippen LogP contribution in [0, 0.1) is 19.8 Å². The SMILES string of the molecule is CC[C@@H]1CN(C(=O)N2CCC(C(=O)NCCc3ccc(C)cc3)CC2)c2cc(C)ccc2O1. The second-order valence-corrected chi connectivity index (χ2v) is 9.30. The van der Waals surface area contributed by atoms with E-state index < -0.39 is 0 Å². The summed E-state index contributed by atoms with van der Waals surface area (Å²) in [5.41, 5.74) is 4.42. The highest BCUT2D eigenvalue weighted by Crippen LogP contribution is 2.36. The molecule has 176 valence electrons. The van der Waals surface area contributed by atoms with Gasteiger partial charge in [-0.25, -0.2) is 4.79 Å². The van der Waals surface area contributed by atoms with Crippen molar-refractivity contribution in [3.05, 3.63) is 59.2 Å². The summed E-state index contributed by atoms with van der Waals surface area (Å²) >= 11 is 0. The third-order valence-corrected chi connectivity index (χ3v) is 6.74. The predicted molar refractivity (Wildman–Crippen MR) is 131 cm³/mol. The van der Waals surface area contributed by atoms with E-state index in [2.05, 4.69) is 43.4 Å². The number of fused-ring (bicyclic) bond motifs is 1. The maximum absolute atomic E-state index is 13.4. The average molecular weight is 450 g/mol. The number of anilines is 1. The van der Waals surface area contributed by atoms with Crippen molar-refractivity contribution >= 4 is 17.6 Å². The van der Waals surface area contributed by atoms with Gasteiger partial charge in [0.1, 0.15) is 11.9 Å². The number of aryl methyl sites for hydroxylation is 2. The molecule has 3 amide bonds. The van der Waals surface area contributed by atoms with Crippen LogP contribution in [0.15, 0.2) is 42.5 Å². The van der Waals surface area contributed by atoms with Gasteiger partial charge in [-0.3, -0.25) is 9.69 Å². The molecule has 33 heavy (non-hydrogen) atoms. The number of nitrogens with zero attached hydrogens (tertiary/aromatic N) is 2. The Hall–Kier alpha value is -3.02. The quantitative estimate of drug-likeness (QED) is 0.733. The van der Waals surface area contributed by atoms with E-state index in [4.69, 9.17) is 4.74 Å². The third kappa shape index (κ3) is 5.49. The molecule has 0 aromatic heterocycles. The molecule has 2 aromatic carbocycles. The van der Waals surface area contributed by atoms with Crippen LogP contribution in [0.25, 0.3) is 0 Å². The predicted octanol–water partition coefficient (Wildman–Crippen LogP) is 4.47. The number of ether oxygens (including phenoxy) is 1. The number of hydrogen-bond acceptors (Lipinski definition) is 3. The standard InChI is InChI=1S/C27H35N3O3/c1-4-23-18-30(24-17-20(3)7-10-25(24)33-23)27(32)29-15-12-22(13-16-29)26(31)28-14-11-21-8-5-19(2)6-9-21/h5-10,17,22-23H,4,11-16,18H2,1-3H3,(H,28,31)/t23-/m1/s1. The van der Waals surface area contributed by atoms with Crippen molar-refractivity contribution in [1.82, 2.24) is 10.2 Å². The molecule has 2 aliphatic heterocycles. The molecular weight excluding hydrogens is 414 g/mol. The monoisotopic (exact) mass is 449 g/mol. The zero-order chi connectivity index (χ0) is 23.4. The molecule has 0 bridgehead atoms. The number of carbonyl (C=O) groups excluding carboxylic acids is 2. The zero-order valence-corrected chi connectivity index (χ0v) is 20.0. The molecule has 6 nitrogen and oxygen atoms in total. The maximum atomic E-state index is 13.4. The number of likely N-dealkylation sites (tertiary alicyclic amines) is 1. The Morgan fingerprint density at radius 1 is 1.03 bits per heavy atom. The number of rotatable bonds is 5. The van der Waals surface area contributed by atoms with E-state index in [0.29, 0.717) is 39.0 Å². The van der Waals surface area contributed by atoms with Crippen LogP contribution in [0.1, 0.15) is 42.9 Å². The highest BCUT2D eigenvalue weighted by Gasteiger charge is 2.34. The Morgan fingerprint density at radius 3 is 2.42 bits per heavy atom. The number of amides is 3. The summed E-state index contributed by atoms with van der Waals surface area (Å²) in [7, 11) is 0. The number of benzene rings is 2. The van der Waals surface area contributed by atoms with Gasteiger partial charge in [-0.2, -0.15) is 0 Å². The van der Waals surface area contributed by atoms with Crippen molar-refractivity contribution in [3.8, 4) is 5.75 Å². The summed E-state index contributed by atoms with van der Waals surface area (Å²) in [6, 6.07) is 14.4. The summed E-state index contributed by atoms with van der Waals surface area (Å²) in [5.74, 6) is 0.845. The van der Waals surface area contributed by atoms with Crippen molar-refractivity contribution in [3.63, 3.8) is 0 Å². The summed E-state index contributed by atoms with van der Waals surface area (Å²) < 4.78 is 6.06. The van der Waals surface area contributed by atoms with Gasteiger partial charge in [-0.05, 0) is 62.8 Å². The second-order valence-electron chi connectivity index (χ2n) is 9.30.